The summed E-state index contributed by atoms with van der Waals surface area (Å²) in [6.45, 7) is 0. The van der Waals surface area contributed by atoms with E-state index in [1.54, 1.807) is 18.2 Å². The molecule has 0 atom stereocenters. The Morgan fingerprint density at radius 1 is 1.36 bits per heavy atom. The second kappa shape index (κ2) is 5.42. The summed E-state index contributed by atoms with van der Waals surface area (Å²) >= 11 is 0. The van der Waals surface area contributed by atoms with E-state index in [0.717, 1.165) is 16.7 Å². The number of carboxylic acids is 1. The molecular formula is C17H12N6O2. The Morgan fingerprint density at radius 2 is 2.20 bits per heavy atom. The number of pyridine rings is 1. The predicted molar refractivity (Wildman–Crippen MR) is 88.5 cm³/mol. The Morgan fingerprint density at radius 3 is 2.88 bits per heavy atom. The van der Waals surface area contributed by atoms with Crippen LogP contribution >= 0.6 is 0 Å². The lowest BCUT2D eigenvalue weighted by molar-refractivity contribution is 0.0697. The summed E-state index contributed by atoms with van der Waals surface area (Å²) in [7, 11) is 0. The molecule has 1 aliphatic carbocycles. The Labute approximate surface area is 142 Å². The number of rotatable bonds is 2. The van der Waals surface area contributed by atoms with Gasteiger partial charge in [-0.25, -0.2) is 9.78 Å². The number of carbonyl (C=O) groups is 1. The molecule has 1 aliphatic rings. The van der Waals surface area contributed by atoms with Crippen molar-refractivity contribution in [3.8, 4) is 28.7 Å². The first-order valence-electron chi connectivity index (χ1n) is 7.55. The minimum atomic E-state index is -0.969. The minimum absolute atomic E-state index is 0.114. The highest BCUT2D eigenvalue weighted by molar-refractivity contribution is 5.90. The van der Waals surface area contributed by atoms with E-state index in [9.17, 15) is 15.2 Å². The van der Waals surface area contributed by atoms with Crippen LogP contribution in [0.15, 0.2) is 24.5 Å². The smallest absolute Gasteiger partial charge is 0.335 e. The average molecular weight is 332 g/mol. The van der Waals surface area contributed by atoms with Crippen LogP contribution in [0.1, 0.15) is 27.0 Å². The number of H-pyrrole nitrogens is 1. The van der Waals surface area contributed by atoms with Gasteiger partial charge in [-0.3, -0.25) is 0 Å². The molecule has 0 radical (unpaired) electrons. The molecule has 3 aromatic rings. The van der Waals surface area contributed by atoms with Crippen molar-refractivity contribution in [2.45, 2.75) is 12.8 Å². The molecule has 8 nitrogen and oxygen atoms in total. The summed E-state index contributed by atoms with van der Waals surface area (Å²) in [5.41, 5.74) is 10.3. The third-order valence-electron chi connectivity index (χ3n) is 4.34. The largest absolute Gasteiger partial charge is 0.478 e. The van der Waals surface area contributed by atoms with Crippen molar-refractivity contribution in [2.75, 3.05) is 5.73 Å². The van der Waals surface area contributed by atoms with Gasteiger partial charge in [0, 0.05) is 11.1 Å². The fourth-order valence-electron chi connectivity index (χ4n) is 3.23. The molecule has 2 aromatic heterocycles. The third kappa shape index (κ3) is 2.21. The lowest BCUT2D eigenvalue weighted by Gasteiger charge is -2.22. The molecule has 0 saturated heterocycles. The van der Waals surface area contributed by atoms with Gasteiger partial charge in [-0.15, -0.1) is 10.2 Å². The Balaban J connectivity index is 2.01. The van der Waals surface area contributed by atoms with Gasteiger partial charge in [-0.2, -0.15) is 5.26 Å². The summed E-state index contributed by atoms with van der Waals surface area (Å²) < 4.78 is 0. The minimum Gasteiger partial charge on any atom is -0.478 e. The molecule has 4 rings (SSSR count). The van der Waals surface area contributed by atoms with Gasteiger partial charge >= 0.3 is 5.97 Å². The number of nitrogens with one attached hydrogen (secondary N) is 1. The van der Waals surface area contributed by atoms with Crippen LogP contribution in [0.3, 0.4) is 0 Å². The van der Waals surface area contributed by atoms with Gasteiger partial charge in [0.25, 0.3) is 0 Å². The van der Waals surface area contributed by atoms with E-state index in [2.05, 4.69) is 26.2 Å². The molecule has 0 aliphatic heterocycles. The van der Waals surface area contributed by atoms with Crippen LogP contribution < -0.4 is 5.73 Å². The molecule has 0 spiro atoms. The number of carboxylic acid groups (broad SMARTS) is 1. The summed E-state index contributed by atoms with van der Waals surface area (Å²) in [4.78, 5) is 18.5. The van der Waals surface area contributed by atoms with E-state index in [-0.39, 0.29) is 16.9 Å². The highest BCUT2D eigenvalue weighted by Crippen LogP contribution is 2.40. The monoisotopic (exact) mass is 332 g/mol. The maximum Gasteiger partial charge on any atom is 0.335 e. The van der Waals surface area contributed by atoms with Gasteiger partial charge in [0.2, 0.25) is 0 Å². The summed E-state index contributed by atoms with van der Waals surface area (Å²) in [5, 5.41) is 26.5. The van der Waals surface area contributed by atoms with Gasteiger partial charge in [-0.05, 0) is 36.1 Å². The highest BCUT2D eigenvalue weighted by atomic mass is 16.4. The van der Waals surface area contributed by atoms with Crippen LogP contribution in [0.2, 0.25) is 0 Å². The second-order valence-electron chi connectivity index (χ2n) is 5.70. The number of nitrogens with zero attached hydrogens (tertiary/aromatic N) is 4. The van der Waals surface area contributed by atoms with E-state index < -0.39 is 5.97 Å². The topological polar surface area (TPSA) is 142 Å². The lowest BCUT2D eigenvalue weighted by Crippen LogP contribution is -2.13. The molecule has 0 saturated carbocycles. The zero-order valence-corrected chi connectivity index (χ0v) is 12.9. The first-order valence-corrected chi connectivity index (χ1v) is 7.55. The maximum absolute atomic E-state index is 11.2. The zero-order valence-electron chi connectivity index (χ0n) is 12.9. The number of nitriles is 1. The summed E-state index contributed by atoms with van der Waals surface area (Å²) in [5.74, 6) is -0.390. The quantitative estimate of drug-likeness (QED) is 0.649. The lowest BCUT2D eigenvalue weighted by atomic mass is 9.84. The van der Waals surface area contributed by atoms with Gasteiger partial charge < -0.3 is 15.8 Å². The highest BCUT2D eigenvalue weighted by Gasteiger charge is 2.27. The molecule has 25 heavy (non-hydrogen) atoms. The van der Waals surface area contributed by atoms with Crippen LogP contribution in [0, 0.1) is 11.3 Å². The molecule has 1 aromatic carbocycles. The van der Waals surface area contributed by atoms with E-state index in [1.807, 2.05) is 0 Å². The first kappa shape index (κ1) is 14.8. The number of hydrogen-bond donors (Lipinski definition) is 3. The number of hydrogen-bond acceptors (Lipinski definition) is 6. The van der Waals surface area contributed by atoms with Crippen molar-refractivity contribution in [3.63, 3.8) is 0 Å². The molecule has 0 amide bonds. The predicted octanol–water partition coefficient (Wildman–Crippen LogP) is 1.78. The van der Waals surface area contributed by atoms with E-state index in [1.165, 1.54) is 6.33 Å². The normalized spacial score (nSPS) is 12.1. The Kier molecular flexibility index (Phi) is 3.22. The molecule has 2 heterocycles. The number of aromatic nitrogens is 4. The number of anilines is 1. The van der Waals surface area contributed by atoms with Crippen molar-refractivity contribution in [1.29, 1.82) is 5.26 Å². The number of nitrogen functional groups attached to an aromatic ring is 1. The molecule has 122 valence electrons. The standard InChI is InChI=1S/C17H12N6O2/c18-6-12-13(16-20-7-21-23-16)11-4-1-8-5-9(17(24)25)2-3-10(8)14(11)22-15(12)19/h2-3,5,7H,1,4H2,(H2,19,22)(H,24,25)(H,20,21,23). The van der Waals surface area contributed by atoms with Gasteiger partial charge in [0.15, 0.2) is 5.82 Å². The van der Waals surface area contributed by atoms with Crippen molar-refractivity contribution in [1.82, 2.24) is 20.2 Å². The molecule has 0 bridgehead atoms. The van der Waals surface area contributed by atoms with E-state index in [4.69, 9.17) is 5.73 Å². The van der Waals surface area contributed by atoms with Crippen LogP contribution in [0.5, 0.6) is 0 Å². The van der Waals surface area contributed by atoms with Crippen molar-refractivity contribution < 1.29 is 9.90 Å². The number of fused-ring (bicyclic) bond motifs is 3. The molecular weight excluding hydrogens is 320 g/mol. The van der Waals surface area contributed by atoms with Crippen LogP contribution in [0.25, 0.3) is 22.6 Å². The molecule has 0 unspecified atom stereocenters. The SMILES string of the molecule is N#Cc1c(N)nc2c(c1-c1nnc[nH]1)CCc1cc(C(=O)O)ccc1-2. The Bertz CT molecular complexity index is 1050. The van der Waals surface area contributed by atoms with Crippen LogP contribution in [-0.4, -0.2) is 31.2 Å². The fourth-order valence-corrected chi connectivity index (χ4v) is 3.23. The molecule has 4 N–H and O–H groups in total. The maximum atomic E-state index is 11.2. The van der Waals surface area contributed by atoms with Crippen molar-refractivity contribution in [3.05, 3.63) is 46.8 Å². The summed E-state index contributed by atoms with van der Waals surface area (Å²) in [6, 6.07) is 7.03. The van der Waals surface area contributed by atoms with Gasteiger partial charge in [0.1, 0.15) is 23.8 Å². The molecule has 8 heteroatoms. The Hall–Kier alpha value is -3.73. The van der Waals surface area contributed by atoms with E-state index >= 15 is 0 Å². The van der Waals surface area contributed by atoms with Crippen molar-refractivity contribution in [2.24, 2.45) is 0 Å². The van der Waals surface area contributed by atoms with E-state index in [0.29, 0.717) is 29.9 Å². The zero-order chi connectivity index (χ0) is 17.6. The molecule has 0 fully saturated rings. The third-order valence-corrected chi connectivity index (χ3v) is 4.34. The number of aryl methyl sites for hydroxylation is 1. The van der Waals surface area contributed by atoms with Gasteiger partial charge in [0.05, 0.1) is 11.3 Å². The fraction of sp³-hybridized carbons (Fsp3) is 0.118. The number of aromatic amines is 1. The summed E-state index contributed by atoms with van der Waals surface area (Å²) in [6.07, 6.45) is 2.68. The van der Waals surface area contributed by atoms with Crippen LogP contribution in [-0.2, 0) is 12.8 Å². The second-order valence-corrected chi connectivity index (χ2v) is 5.70. The number of benzene rings is 1. The van der Waals surface area contributed by atoms with Gasteiger partial charge in [-0.1, -0.05) is 6.07 Å². The van der Waals surface area contributed by atoms with Crippen LogP contribution in [0.4, 0.5) is 5.82 Å². The van der Waals surface area contributed by atoms with Crippen molar-refractivity contribution >= 4 is 11.8 Å². The number of nitrogens with two attached hydrogens (primary N) is 1. The average Bonchev–Trinajstić information content (AvgIpc) is 3.14. The number of aromatic carboxylic acids is 1. The first-order chi connectivity index (χ1) is 12.1.